The number of aromatic nitrogens is 1. The monoisotopic (exact) mass is 419 g/mol. The Morgan fingerprint density at radius 3 is 2.77 bits per heavy atom. The SMILES string of the molecule is CC(C)(C)n1cc(OC(=O)O)c(=O)c2cc(F)c(N3CC4CCOC4(CN)C3)cc21. The molecule has 0 amide bonds. The summed E-state index contributed by atoms with van der Waals surface area (Å²) in [4.78, 5) is 25.7. The Morgan fingerprint density at radius 1 is 1.43 bits per heavy atom. The second-order valence-corrected chi connectivity index (χ2v) is 9.04. The van der Waals surface area contributed by atoms with Crippen LogP contribution in [-0.4, -0.2) is 47.7 Å². The van der Waals surface area contributed by atoms with Gasteiger partial charge in [0, 0.05) is 37.7 Å². The maximum atomic E-state index is 15.2. The molecule has 3 heterocycles. The Morgan fingerprint density at radius 2 is 2.17 bits per heavy atom. The highest BCUT2D eigenvalue weighted by Gasteiger charge is 2.50. The van der Waals surface area contributed by atoms with Crippen LogP contribution in [0.5, 0.6) is 5.75 Å². The number of nitrogens with zero attached hydrogens (tertiary/aromatic N) is 2. The van der Waals surface area contributed by atoms with Crippen LogP contribution in [0.4, 0.5) is 14.9 Å². The van der Waals surface area contributed by atoms with Crippen molar-refractivity contribution in [1.82, 2.24) is 4.57 Å². The molecule has 0 bridgehead atoms. The minimum atomic E-state index is -1.60. The van der Waals surface area contributed by atoms with Gasteiger partial charge in [0.25, 0.3) is 0 Å². The predicted molar refractivity (Wildman–Crippen MR) is 110 cm³/mol. The summed E-state index contributed by atoms with van der Waals surface area (Å²) in [5.74, 6) is -0.684. The largest absolute Gasteiger partial charge is 0.511 e. The Labute approximate surface area is 173 Å². The topological polar surface area (TPSA) is 107 Å². The van der Waals surface area contributed by atoms with E-state index in [2.05, 4.69) is 4.74 Å². The number of rotatable bonds is 3. The molecular weight excluding hydrogens is 393 g/mol. The van der Waals surface area contributed by atoms with Gasteiger partial charge >= 0.3 is 6.16 Å². The highest BCUT2D eigenvalue weighted by atomic mass is 19.1. The summed E-state index contributed by atoms with van der Waals surface area (Å²) in [5, 5.41) is 9.02. The summed E-state index contributed by atoms with van der Waals surface area (Å²) in [5.41, 5.74) is 5.21. The van der Waals surface area contributed by atoms with Gasteiger partial charge in [0.1, 0.15) is 11.4 Å². The van der Waals surface area contributed by atoms with Crippen molar-refractivity contribution in [3.63, 3.8) is 0 Å². The quantitative estimate of drug-likeness (QED) is 0.736. The van der Waals surface area contributed by atoms with Crippen molar-refractivity contribution in [2.24, 2.45) is 11.7 Å². The maximum absolute atomic E-state index is 15.2. The molecule has 2 saturated heterocycles. The lowest BCUT2D eigenvalue weighted by Crippen LogP contribution is -2.44. The molecule has 2 atom stereocenters. The van der Waals surface area contributed by atoms with E-state index in [1.54, 1.807) is 10.6 Å². The van der Waals surface area contributed by atoms with Crippen LogP contribution in [0.3, 0.4) is 0 Å². The van der Waals surface area contributed by atoms with Crippen molar-refractivity contribution in [3.8, 4) is 5.75 Å². The highest BCUT2D eigenvalue weighted by Crippen LogP contribution is 2.41. The number of hydrogen-bond donors (Lipinski definition) is 2. The van der Waals surface area contributed by atoms with E-state index < -0.39 is 28.5 Å². The zero-order chi connectivity index (χ0) is 21.8. The lowest BCUT2D eigenvalue weighted by atomic mass is 9.91. The minimum Gasteiger partial charge on any atom is -0.449 e. The number of halogens is 1. The first-order valence-corrected chi connectivity index (χ1v) is 9.95. The molecule has 162 valence electrons. The molecule has 0 aliphatic carbocycles. The van der Waals surface area contributed by atoms with E-state index in [4.69, 9.17) is 15.6 Å². The smallest absolute Gasteiger partial charge is 0.449 e. The molecule has 1 aromatic heterocycles. The average molecular weight is 419 g/mol. The lowest BCUT2D eigenvalue weighted by Gasteiger charge is -2.29. The number of anilines is 1. The standard InChI is InChI=1S/C21H26FN3O5/c1-20(2,3)25-9-17(30-19(27)28)18(26)13-6-14(22)16(7-15(13)25)24-8-12-4-5-29-21(12,10-23)11-24/h6-7,9,12H,4-5,8,10-11,23H2,1-3H3,(H,27,28). The van der Waals surface area contributed by atoms with Crippen LogP contribution in [0.25, 0.3) is 10.9 Å². The first-order chi connectivity index (χ1) is 14.1. The van der Waals surface area contributed by atoms with Crippen LogP contribution in [0.15, 0.2) is 23.1 Å². The Kier molecular flexibility index (Phi) is 4.78. The first kappa shape index (κ1) is 20.6. The summed E-state index contributed by atoms with van der Waals surface area (Å²) < 4.78 is 27.5. The van der Waals surface area contributed by atoms with Crippen LogP contribution in [0.1, 0.15) is 27.2 Å². The third-order valence-corrected chi connectivity index (χ3v) is 6.14. The molecule has 2 unspecified atom stereocenters. The zero-order valence-electron chi connectivity index (χ0n) is 17.3. The van der Waals surface area contributed by atoms with Gasteiger partial charge in [-0.2, -0.15) is 0 Å². The minimum absolute atomic E-state index is 0.0640. The molecular formula is C21H26FN3O5. The van der Waals surface area contributed by atoms with Crippen LogP contribution in [0, 0.1) is 11.7 Å². The third-order valence-electron chi connectivity index (χ3n) is 6.14. The van der Waals surface area contributed by atoms with E-state index in [-0.39, 0.29) is 17.1 Å². The van der Waals surface area contributed by atoms with Crippen molar-refractivity contribution in [1.29, 1.82) is 0 Å². The predicted octanol–water partition coefficient (Wildman–Crippen LogP) is 2.51. The van der Waals surface area contributed by atoms with Gasteiger partial charge in [-0.1, -0.05) is 0 Å². The number of hydrogen-bond acceptors (Lipinski definition) is 6. The van der Waals surface area contributed by atoms with Crippen molar-refractivity contribution in [2.75, 3.05) is 31.1 Å². The van der Waals surface area contributed by atoms with E-state index in [1.165, 1.54) is 6.20 Å². The van der Waals surface area contributed by atoms with Crippen LogP contribution < -0.4 is 20.8 Å². The van der Waals surface area contributed by atoms with Crippen molar-refractivity contribution in [2.45, 2.75) is 38.3 Å². The van der Waals surface area contributed by atoms with Crippen LogP contribution in [0.2, 0.25) is 0 Å². The fourth-order valence-electron chi connectivity index (χ4n) is 4.62. The number of benzene rings is 1. The second-order valence-electron chi connectivity index (χ2n) is 9.04. The third kappa shape index (κ3) is 3.22. The van der Waals surface area contributed by atoms with Gasteiger partial charge in [-0.15, -0.1) is 0 Å². The summed E-state index contributed by atoms with van der Waals surface area (Å²) in [6.45, 7) is 7.85. The van der Waals surface area contributed by atoms with Crippen molar-refractivity contribution < 1.29 is 23.8 Å². The van der Waals surface area contributed by atoms with Gasteiger partial charge in [-0.05, 0) is 39.3 Å². The second kappa shape index (κ2) is 6.95. The van der Waals surface area contributed by atoms with Gasteiger partial charge < -0.3 is 29.8 Å². The molecule has 2 aromatic rings. The maximum Gasteiger partial charge on any atom is 0.511 e. The molecule has 0 saturated carbocycles. The first-order valence-electron chi connectivity index (χ1n) is 9.95. The normalized spacial score (nSPS) is 23.8. The molecule has 3 N–H and O–H groups in total. The number of pyridine rings is 1. The van der Waals surface area contributed by atoms with Gasteiger partial charge in [0.05, 0.1) is 22.8 Å². The van der Waals surface area contributed by atoms with Crippen LogP contribution >= 0.6 is 0 Å². The fraction of sp³-hybridized carbons (Fsp3) is 0.524. The number of ether oxygens (including phenoxy) is 2. The molecule has 2 aliphatic heterocycles. The molecule has 1 aromatic carbocycles. The number of nitrogens with two attached hydrogens (primary N) is 1. The average Bonchev–Trinajstić information content (AvgIpc) is 3.20. The van der Waals surface area contributed by atoms with E-state index in [0.717, 1.165) is 12.5 Å². The molecule has 8 nitrogen and oxygen atoms in total. The fourth-order valence-corrected chi connectivity index (χ4v) is 4.62. The van der Waals surface area contributed by atoms with Gasteiger partial charge in [-0.3, -0.25) is 4.79 Å². The van der Waals surface area contributed by atoms with Gasteiger partial charge in [0.15, 0.2) is 5.75 Å². The molecule has 9 heteroatoms. The van der Waals surface area contributed by atoms with E-state index >= 15 is 4.39 Å². The number of carboxylic acid groups (broad SMARTS) is 1. The molecule has 30 heavy (non-hydrogen) atoms. The summed E-state index contributed by atoms with van der Waals surface area (Å²) >= 11 is 0. The number of carbonyl (C=O) groups is 1. The van der Waals surface area contributed by atoms with E-state index in [0.29, 0.717) is 37.4 Å². The Hall–Kier alpha value is -2.65. The van der Waals surface area contributed by atoms with E-state index in [9.17, 15) is 9.59 Å². The molecule has 0 spiro atoms. The summed E-state index contributed by atoms with van der Waals surface area (Å²) in [6.07, 6.45) is 0.648. The Bertz CT molecular complexity index is 1080. The van der Waals surface area contributed by atoms with E-state index in [1.807, 2.05) is 25.7 Å². The number of fused-ring (bicyclic) bond motifs is 2. The summed E-state index contributed by atoms with van der Waals surface area (Å²) in [6, 6.07) is 2.81. The van der Waals surface area contributed by atoms with Crippen molar-refractivity contribution >= 4 is 22.7 Å². The lowest BCUT2D eigenvalue weighted by molar-refractivity contribution is 0.0126. The highest BCUT2D eigenvalue weighted by molar-refractivity contribution is 5.85. The van der Waals surface area contributed by atoms with Gasteiger partial charge in [-0.25, -0.2) is 9.18 Å². The molecule has 4 rings (SSSR count). The molecule has 2 fully saturated rings. The van der Waals surface area contributed by atoms with Gasteiger partial charge in [0.2, 0.25) is 5.43 Å². The summed E-state index contributed by atoms with van der Waals surface area (Å²) in [7, 11) is 0. The van der Waals surface area contributed by atoms with Crippen molar-refractivity contribution in [3.05, 3.63) is 34.4 Å². The Balaban J connectivity index is 1.87. The van der Waals surface area contributed by atoms with Crippen LogP contribution in [-0.2, 0) is 10.3 Å². The zero-order valence-corrected chi connectivity index (χ0v) is 17.3. The molecule has 2 aliphatic rings. The molecule has 0 radical (unpaired) electrons.